The first kappa shape index (κ1) is 20.9. The molecule has 1 heterocycles. The molecule has 3 aromatic rings. The van der Waals surface area contributed by atoms with Crippen molar-refractivity contribution in [2.45, 2.75) is 26.1 Å². The number of nitro benzene ring substituents is 1. The van der Waals surface area contributed by atoms with Crippen LogP contribution in [0.25, 0.3) is 10.9 Å². The highest BCUT2D eigenvalue weighted by Crippen LogP contribution is 2.35. The Morgan fingerprint density at radius 3 is 2.48 bits per heavy atom. The van der Waals surface area contributed by atoms with Crippen LogP contribution in [0.2, 0.25) is 0 Å². The lowest BCUT2D eigenvalue weighted by atomic mass is 10.0. The number of anilines is 1. The van der Waals surface area contributed by atoms with Crippen LogP contribution in [0.3, 0.4) is 0 Å². The molecule has 0 fully saturated rings. The Kier molecular flexibility index (Phi) is 5.44. The molecule has 0 aliphatic heterocycles. The largest absolute Gasteiger partial charge is 0.416 e. The summed E-state index contributed by atoms with van der Waals surface area (Å²) in [4.78, 5) is 18.6. The van der Waals surface area contributed by atoms with E-state index in [1.165, 1.54) is 12.1 Å². The number of fused-ring (bicyclic) bond motifs is 1. The normalized spacial score (nSPS) is 12.8. The first-order valence-corrected chi connectivity index (χ1v) is 9.01. The number of benzene rings is 2. The molecule has 1 aromatic heterocycles. The molecule has 0 bridgehead atoms. The maximum atomic E-state index is 13.8. The molecular weight excluding hydrogens is 460 g/mol. The molecule has 0 aliphatic carbocycles. The van der Waals surface area contributed by atoms with Gasteiger partial charge in [0, 0.05) is 23.6 Å². The van der Waals surface area contributed by atoms with Crippen LogP contribution in [0.1, 0.15) is 29.9 Å². The number of nitro groups is 1. The minimum Gasteiger partial charge on any atom is -0.363 e. The number of halogens is 5. The van der Waals surface area contributed by atoms with E-state index in [1.807, 2.05) is 0 Å². The SMILES string of the molecule is Cc1nc(N[C@H](C)c2cc([N+](=O)[O-])cc(C(F)(F)F)c2)c2cc(Br)c(F)cc2n1. The second-order valence-electron chi connectivity index (χ2n) is 6.34. The van der Waals surface area contributed by atoms with Crippen molar-refractivity contribution >= 4 is 38.3 Å². The highest BCUT2D eigenvalue weighted by Gasteiger charge is 2.33. The Morgan fingerprint density at radius 2 is 1.86 bits per heavy atom. The number of hydrogen-bond donors (Lipinski definition) is 1. The number of alkyl halides is 3. The summed E-state index contributed by atoms with van der Waals surface area (Å²) in [6.07, 6.45) is -4.74. The van der Waals surface area contributed by atoms with Gasteiger partial charge in [-0.05, 0) is 47.5 Å². The average molecular weight is 473 g/mol. The van der Waals surface area contributed by atoms with Crippen molar-refractivity contribution in [3.63, 3.8) is 0 Å². The fraction of sp³-hybridized carbons (Fsp3) is 0.222. The third-order valence-corrected chi connectivity index (χ3v) is 4.79. The summed E-state index contributed by atoms with van der Waals surface area (Å²) in [7, 11) is 0. The second-order valence-corrected chi connectivity index (χ2v) is 7.19. The van der Waals surface area contributed by atoms with Crippen LogP contribution >= 0.6 is 15.9 Å². The molecule has 0 aliphatic rings. The molecule has 3 rings (SSSR count). The molecule has 11 heteroatoms. The molecule has 0 saturated heterocycles. The van der Waals surface area contributed by atoms with E-state index in [-0.39, 0.29) is 15.9 Å². The van der Waals surface area contributed by atoms with Crippen LogP contribution in [0.15, 0.2) is 34.8 Å². The third-order valence-electron chi connectivity index (χ3n) is 4.18. The lowest BCUT2D eigenvalue weighted by Gasteiger charge is -2.18. The lowest BCUT2D eigenvalue weighted by molar-refractivity contribution is -0.385. The first-order chi connectivity index (χ1) is 13.5. The number of rotatable bonds is 4. The number of nitrogens with one attached hydrogen (secondary N) is 1. The number of aromatic nitrogens is 2. The van der Waals surface area contributed by atoms with Gasteiger partial charge in [-0.3, -0.25) is 10.1 Å². The Hall–Kier alpha value is -2.82. The predicted octanol–water partition coefficient (Wildman–Crippen LogP) is 5.94. The quantitative estimate of drug-likeness (QED) is 0.288. The van der Waals surface area contributed by atoms with Crippen LogP contribution < -0.4 is 5.32 Å². The smallest absolute Gasteiger partial charge is 0.363 e. The Morgan fingerprint density at radius 1 is 1.17 bits per heavy atom. The van der Waals surface area contributed by atoms with E-state index in [0.717, 1.165) is 12.1 Å². The zero-order valence-electron chi connectivity index (χ0n) is 15.0. The van der Waals surface area contributed by atoms with Crippen LogP contribution in [-0.2, 0) is 6.18 Å². The molecule has 0 spiro atoms. The van der Waals surface area contributed by atoms with Crippen LogP contribution in [-0.4, -0.2) is 14.9 Å². The number of aryl methyl sites for hydroxylation is 1. The average Bonchev–Trinajstić information content (AvgIpc) is 2.62. The summed E-state index contributed by atoms with van der Waals surface area (Å²) in [6, 6.07) is 4.29. The summed E-state index contributed by atoms with van der Waals surface area (Å²) in [6.45, 7) is 3.13. The zero-order valence-corrected chi connectivity index (χ0v) is 16.6. The minimum absolute atomic E-state index is 0.0529. The van der Waals surface area contributed by atoms with Gasteiger partial charge in [0.05, 0.1) is 26.5 Å². The van der Waals surface area contributed by atoms with E-state index in [1.54, 1.807) is 13.8 Å². The van der Waals surface area contributed by atoms with Crippen molar-refractivity contribution < 1.29 is 22.5 Å². The van der Waals surface area contributed by atoms with Crippen LogP contribution in [0.5, 0.6) is 0 Å². The summed E-state index contributed by atoms with van der Waals surface area (Å²) < 4.78 is 53.4. The molecule has 152 valence electrons. The van der Waals surface area contributed by atoms with Gasteiger partial charge in [0.15, 0.2) is 0 Å². The molecular formula is C18H13BrF4N4O2. The molecule has 0 unspecified atom stereocenters. The second kappa shape index (κ2) is 7.54. The predicted molar refractivity (Wildman–Crippen MR) is 102 cm³/mol. The van der Waals surface area contributed by atoms with E-state index >= 15 is 0 Å². The van der Waals surface area contributed by atoms with Crippen LogP contribution in [0, 0.1) is 22.9 Å². The van der Waals surface area contributed by atoms with Crippen molar-refractivity contribution in [1.29, 1.82) is 0 Å². The van der Waals surface area contributed by atoms with E-state index in [4.69, 9.17) is 0 Å². The van der Waals surface area contributed by atoms with Gasteiger partial charge < -0.3 is 5.32 Å². The molecule has 2 aromatic carbocycles. The monoisotopic (exact) mass is 472 g/mol. The molecule has 29 heavy (non-hydrogen) atoms. The summed E-state index contributed by atoms with van der Waals surface area (Å²) in [5.41, 5.74) is -1.43. The summed E-state index contributed by atoms with van der Waals surface area (Å²) >= 11 is 3.08. The third kappa shape index (κ3) is 4.44. The Labute approximate surface area is 170 Å². The fourth-order valence-electron chi connectivity index (χ4n) is 2.79. The van der Waals surface area contributed by atoms with E-state index in [2.05, 4.69) is 31.2 Å². The highest BCUT2D eigenvalue weighted by molar-refractivity contribution is 9.10. The zero-order chi connectivity index (χ0) is 21.5. The van der Waals surface area contributed by atoms with Crippen molar-refractivity contribution in [2.24, 2.45) is 0 Å². The highest BCUT2D eigenvalue weighted by atomic mass is 79.9. The van der Waals surface area contributed by atoms with Crippen LogP contribution in [0.4, 0.5) is 29.1 Å². The fourth-order valence-corrected chi connectivity index (χ4v) is 3.14. The molecule has 0 saturated carbocycles. The molecule has 1 atom stereocenters. The van der Waals surface area contributed by atoms with Crippen molar-refractivity contribution in [3.05, 3.63) is 67.7 Å². The van der Waals surface area contributed by atoms with Crippen molar-refractivity contribution in [2.75, 3.05) is 5.32 Å². The van der Waals surface area contributed by atoms with Gasteiger partial charge in [-0.1, -0.05) is 0 Å². The summed E-state index contributed by atoms with van der Waals surface area (Å²) in [5.74, 6) is 0.0628. The number of nitrogens with zero attached hydrogens (tertiary/aromatic N) is 3. The van der Waals surface area contributed by atoms with E-state index < -0.39 is 34.2 Å². The van der Waals surface area contributed by atoms with Gasteiger partial charge in [0.1, 0.15) is 17.5 Å². The van der Waals surface area contributed by atoms with E-state index in [0.29, 0.717) is 22.8 Å². The van der Waals surface area contributed by atoms with Gasteiger partial charge in [0.25, 0.3) is 5.69 Å². The number of hydrogen-bond acceptors (Lipinski definition) is 5. The van der Waals surface area contributed by atoms with Crippen molar-refractivity contribution in [1.82, 2.24) is 9.97 Å². The van der Waals surface area contributed by atoms with Gasteiger partial charge in [-0.2, -0.15) is 13.2 Å². The molecule has 0 amide bonds. The standard InChI is InChI=1S/C18H13BrF4N4O2/c1-8(10-3-11(18(21,22)23)5-12(4-10)27(28)29)24-17-13-6-14(19)15(20)7-16(13)25-9(2)26-17/h3-8H,1-2H3,(H,24,25,26)/t8-/m1/s1. The van der Waals surface area contributed by atoms with E-state index in [9.17, 15) is 27.7 Å². The Bertz CT molecular complexity index is 1120. The molecule has 0 radical (unpaired) electrons. The summed E-state index contributed by atoms with van der Waals surface area (Å²) in [5, 5.41) is 14.4. The number of non-ortho nitro benzene ring substituents is 1. The Balaban J connectivity index is 2.07. The molecule has 1 N–H and O–H groups in total. The van der Waals surface area contributed by atoms with Crippen molar-refractivity contribution in [3.8, 4) is 0 Å². The first-order valence-electron chi connectivity index (χ1n) is 8.22. The topological polar surface area (TPSA) is 81.0 Å². The van der Waals surface area contributed by atoms with Gasteiger partial charge in [-0.25, -0.2) is 14.4 Å². The molecule has 6 nitrogen and oxygen atoms in total. The van der Waals surface area contributed by atoms with Gasteiger partial charge >= 0.3 is 6.18 Å². The minimum atomic E-state index is -4.74. The maximum Gasteiger partial charge on any atom is 0.416 e. The maximum absolute atomic E-state index is 13.8. The lowest BCUT2D eigenvalue weighted by Crippen LogP contribution is -2.12. The van der Waals surface area contributed by atoms with Gasteiger partial charge in [-0.15, -0.1) is 0 Å². The van der Waals surface area contributed by atoms with Gasteiger partial charge in [0.2, 0.25) is 0 Å².